The van der Waals surface area contributed by atoms with E-state index < -0.39 is 0 Å². The van der Waals surface area contributed by atoms with E-state index in [0.717, 1.165) is 31.0 Å². The fourth-order valence-electron chi connectivity index (χ4n) is 3.45. The van der Waals surface area contributed by atoms with E-state index in [1.165, 1.54) is 22.9 Å². The molecule has 23 heavy (non-hydrogen) atoms. The van der Waals surface area contributed by atoms with E-state index >= 15 is 0 Å². The third-order valence-corrected chi connectivity index (χ3v) is 4.62. The minimum absolute atomic E-state index is 0.359. The summed E-state index contributed by atoms with van der Waals surface area (Å²) in [6.45, 7) is 2.07. The Labute approximate surface area is 135 Å². The number of anilines is 1. The predicted molar refractivity (Wildman–Crippen MR) is 92.3 cm³/mol. The lowest BCUT2D eigenvalue weighted by Crippen LogP contribution is -2.23. The van der Waals surface area contributed by atoms with Crippen molar-refractivity contribution in [1.82, 2.24) is 19.9 Å². The number of aromatic amines is 1. The number of likely N-dealkylation sites (tertiary alicyclic amines) is 1. The van der Waals surface area contributed by atoms with Crippen LogP contribution in [-0.4, -0.2) is 33.4 Å². The predicted octanol–water partition coefficient (Wildman–Crippen LogP) is 3.34. The summed E-state index contributed by atoms with van der Waals surface area (Å²) in [5.41, 5.74) is 3.61. The standard InChI is InChI=1S/C18H21N5/c1-19-18-11-20-10-16(22-18)17-3-2-8-23(17)12-13-4-5-15-14(9-13)6-7-21-15/h4-7,9-11,17,21H,2-3,8,12H2,1H3,(H,19,22)/t17-/m0/s1. The topological polar surface area (TPSA) is 56.8 Å². The van der Waals surface area contributed by atoms with Gasteiger partial charge in [0, 0.05) is 25.3 Å². The average molecular weight is 307 g/mol. The van der Waals surface area contributed by atoms with Crippen molar-refractivity contribution in [1.29, 1.82) is 0 Å². The average Bonchev–Trinajstić information content (AvgIpc) is 3.23. The van der Waals surface area contributed by atoms with E-state index in [9.17, 15) is 0 Å². The van der Waals surface area contributed by atoms with Gasteiger partial charge in [-0.05, 0) is 48.5 Å². The maximum Gasteiger partial charge on any atom is 0.144 e. The van der Waals surface area contributed by atoms with Gasteiger partial charge in [0.1, 0.15) is 5.82 Å². The van der Waals surface area contributed by atoms with Crippen LogP contribution in [-0.2, 0) is 6.54 Å². The Morgan fingerprint density at radius 2 is 2.26 bits per heavy atom. The van der Waals surface area contributed by atoms with Gasteiger partial charge < -0.3 is 10.3 Å². The van der Waals surface area contributed by atoms with Gasteiger partial charge >= 0.3 is 0 Å². The molecule has 5 nitrogen and oxygen atoms in total. The van der Waals surface area contributed by atoms with Crippen LogP contribution in [0.3, 0.4) is 0 Å². The molecule has 2 N–H and O–H groups in total. The molecule has 1 fully saturated rings. The van der Waals surface area contributed by atoms with E-state index in [4.69, 9.17) is 0 Å². The van der Waals surface area contributed by atoms with Crippen LogP contribution < -0.4 is 5.32 Å². The molecule has 0 spiro atoms. The Balaban J connectivity index is 1.57. The number of rotatable bonds is 4. The number of aromatic nitrogens is 3. The number of nitrogens with one attached hydrogen (secondary N) is 2. The van der Waals surface area contributed by atoms with Gasteiger partial charge in [0.15, 0.2) is 0 Å². The molecule has 0 saturated carbocycles. The van der Waals surface area contributed by atoms with Crippen LogP contribution in [0.4, 0.5) is 5.82 Å². The third kappa shape index (κ3) is 2.80. The molecule has 0 amide bonds. The van der Waals surface area contributed by atoms with Crippen LogP contribution in [0.25, 0.3) is 10.9 Å². The van der Waals surface area contributed by atoms with Crippen molar-refractivity contribution in [2.24, 2.45) is 0 Å². The first-order valence-electron chi connectivity index (χ1n) is 8.13. The molecule has 0 radical (unpaired) electrons. The number of benzene rings is 1. The van der Waals surface area contributed by atoms with Crippen molar-refractivity contribution in [2.75, 3.05) is 18.9 Å². The Morgan fingerprint density at radius 3 is 3.17 bits per heavy atom. The Kier molecular flexibility index (Phi) is 3.71. The van der Waals surface area contributed by atoms with E-state index in [1.807, 2.05) is 19.4 Å². The third-order valence-electron chi connectivity index (χ3n) is 4.62. The lowest BCUT2D eigenvalue weighted by molar-refractivity contribution is 0.244. The molecule has 0 aliphatic carbocycles. The summed E-state index contributed by atoms with van der Waals surface area (Å²) in [5.74, 6) is 0.836. The van der Waals surface area contributed by atoms with Crippen LogP contribution in [0.15, 0.2) is 42.9 Å². The summed E-state index contributed by atoms with van der Waals surface area (Å²) in [6.07, 6.45) is 8.02. The fraction of sp³-hybridized carbons (Fsp3) is 0.333. The highest BCUT2D eigenvalue weighted by Crippen LogP contribution is 2.32. The van der Waals surface area contributed by atoms with Crippen LogP contribution in [0, 0.1) is 0 Å². The van der Waals surface area contributed by atoms with Crippen molar-refractivity contribution in [3.8, 4) is 0 Å². The van der Waals surface area contributed by atoms with Gasteiger partial charge in [-0.2, -0.15) is 0 Å². The fourth-order valence-corrected chi connectivity index (χ4v) is 3.45. The minimum atomic E-state index is 0.359. The Hall–Kier alpha value is -2.40. The molecule has 3 aromatic rings. The first-order valence-corrected chi connectivity index (χ1v) is 8.13. The minimum Gasteiger partial charge on any atom is -0.372 e. The van der Waals surface area contributed by atoms with Crippen molar-refractivity contribution in [3.05, 3.63) is 54.1 Å². The van der Waals surface area contributed by atoms with Gasteiger partial charge in [0.05, 0.1) is 24.1 Å². The smallest absolute Gasteiger partial charge is 0.144 e. The molecule has 0 unspecified atom stereocenters. The molecule has 1 saturated heterocycles. The second-order valence-electron chi connectivity index (χ2n) is 6.11. The van der Waals surface area contributed by atoms with Gasteiger partial charge in [0.25, 0.3) is 0 Å². The summed E-state index contributed by atoms with van der Waals surface area (Å²) >= 11 is 0. The Bertz CT molecular complexity index is 810. The van der Waals surface area contributed by atoms with Gasteiger partial charge in [-0.1, -0.05) is 6.07 Å². The summed E-state index contributed by atoms with van der Waals surface area (Å²) in [7, 11) is 1.88. The highest BCUT2D eigenvalue weighted by molar-refractivity contribution is 5.79. The Morgan fingerprint density at radius 1 is 1.30 bits per heavy atom. The van der Waals surface area contributed by atoms with Crippen LogP contribution in [0.2, 0.25) is 0 Å². The number of nitrogens with zero attached hydrogens (tertiary/aromatic N) is 3. The molecule has 1 aromatic carbocycles. The largest absolute Gasteiger partial charge is 0.372 e. The van der Waals surface area contributed by atoms with Gasteiger partial charge in [-0.25, -0.2) is 4.98 Å². The van der Waals surface area contributed by atoms with E-state index in [0.29, 0.717) is 6.04 Å². The van der Waals surface area contributed by atoms with E-state index in [2.05, 4.69) is 49.4 Å². The molecule has 4 rings (SSSR count). The summed E-state index contributed by atoms with van der Waals surface area (Å²) in [5, 5.41) is 4.35. The molecule has 3 heterocycles. The first-order chi connectivity index (χ1) is 11.3. The molecule has 1 aliphatic heterocycles. The second kappa shape index (κ2) is 6.01. The normalized spacial score (nSPS) is 18.6. The van der Waals surface area contributed by atoms with Crippen molar-refractivity contribution in [3.63, 3.8) is 0 Å². The van der Waals surface area contributed by atoms with Crippen LogP contribution >= 0.6 is 0 Å². The second-order valence-corrected chi connectivity index (χ2v) is 6.11. The highest BCUT2D eigenvalue weighted by Gasteiger charge is 2.27. The highest BCUT2D eigenvalue weighted by atomic mass is 15.2. The van der Waals surface area contributed by atoms with Crippen molar-refractivity contribution in [2.45, 2.75) is 25.4 Å². The lowest BCUT2D eigenvalue weighted by Gasteiger charge is -2.24. The summed E-state index contributed by atoms with van der Waals surface area (Å²) < 4.78 is 0. The van der Waals surface area contributed by atoms with Gasteiger partial charge in [0.2, 0.25) is 0 Å². The SMILES string of the molecule is CNc1cncc([C@@H]2CCCN2Cc2ccc3[nH]ccc3c2)n1. The molecular weight excluding hydrogens is 286 g/mol. The molecule has 118 valence electrons. The van der Waals surface area contributed by atoms with Crippen LogP contribution in [0.1, 0.15) is 30.1 Å². The van der Waals surface area contributed by atoms with E-state index in [1.54, 1.807) is 6.20 Å². The van der Waals surface area contributed by atoms with Gasteiger partial charge in [-0.3, -0.25) is 9.88 Å². The summed E-state index contributed by atoms with van der Waals surface area (Å²) in [6, 6.07) is 9.14. The van der Waals surface area contributed by atoms with Crippen LogP contribution in [0.5, 0.6) is 0 Å². The van der Waals surface area contributed by atoms with Crippen molar-refractivity contribution >= 4 is 16.7 Å². The monoisotopic (exact) mass is 307 g/mol. The molecule has 1 atom stereocenters. The van der Waals surface area contributed by atoms with Crippen molar-refractivity contribution < 1.29 is 0 Å². The molecule has 2 aromatic heterocycles. The number of hydrogen-bond acceptors (Lipinski definition) is 4. The van der Waals surface area contributed by atoms with E-state index in [-0.39, 0.29) is 0 Å². The quantitative estimate of drug-likeness (QED) is 0.776. The zero-order valence-corrected chi connectivity index (χ0v) is 13.3. The number of fused-ring (bicyclic) bond motifs is 1. The lowest BCUT2D eigenvalue weighted by atomic mass is 10.1. The maximum atomic E-state index is 4.69. The number of H-pyrrole nitrogens is 1. The zero-order valence-electron chi connectivity index (χ0n) is 13.3. The summed E-state index contributed by atoms with van der Waals surface area (Å²) in [4.78, 5) is 14.8. The van der Waals surface area contributed by atoms with Gasteiger partial charge in [-0.15, -0.1) is 0 Å². The maximum absolute atomic E-state index is 4.69. The zero-order chi connectivity index (χ0) is 15.6. The number of hydrogen-bond donors (Lipinski definition) is 2. The molecular formula is C18H21N5. The molecule has 0 bridgehead atoms. The first kappa shape index (κ1) is 14.2. The molecule has 1 aliphatic rings. The molecule has 5 heteroatoms.